The van der Waals surface area contributed by atoms with Gasteiger partial charge >= 0.3 is 0 Å². The molecule has 2 aromatic heterocycles. The summed E-state index contributed by atoms with van der Waals surface area (Å²) < 4.78 is 7.93. The van der Waals surface area contributed by atoms with Crippen LogP contribution in [0.3, 0.4) is 0 Å². The molecule has 0 saturated heterocycles. The van der Waals surface area contributed by atoms with Crippen LogP contribution in [-0.4, -0.2) is 9.55 Å². The number of nitrogens with zero attached hydrogens (tertiary/aromatic N) is 2. The van der Waals surface area contributed by atoms with Crippen molar-refractivity contribution in [1.29, 1.82) is 0 Å². The van der Waals surface area contributed by atoms with E-state index >= 15 is 0 Å². The minimum atomic E-state index is 0.774. The van der Waals surface area contributed by atoms with Crippen LogP contribution in [0.4, 0.5) is 0 Å². The Balaban J connectivity index is 2.03. The monoisotopic (exact) mass is 216 g/mol. The van der Waals surface area contributed by atoms with Gasteiger partial charge in [-0.25, -0.2) is 4.98 Å². The lowest BCUT2D eigenvalue weighted by Gasteiger charge is -2.21. The highest BCUT2D eigenvalue weighted by molar-refractivity contribution is 5.49. The Kier molecular flexibility index (Phi) is 2.13. The van der Waals surface area contributed by atoms with Gasteiger partial charge in [0, 0.05) is 18.4 Å². The molecule has 0 spiro atoms. The molecule has 2 aromatic rings. The van der Waals surface area contributed by atoms with Crippen molar-refractivity contribution >= 4 is 0 Å². The molecule has 1 atom stereocenters. The third kappa shape index (κ3) is 1.47. The van der Waals surface area contributed by atoms with Crippen LogP contribution < -0.4 is 0 Å². The second-order valence-electron chi connectivity index (χ2n) is 4.73. The molecule has 0 aromatic carbocycles. The summed E-state index contributed by atoms with van der Waals surface area (Å²) in [5.41, 5.74) is 1.34. The Morgan fingerprint density at radius 2 is 2.31 bits per heavy atom. The van der Waals surface area contributed by atoms with Crippen molar-refractivity contribution in [3.05, 3.63) is 29.8 Å². The van der Waals surface area contributed by atoms with Crippen molar-refractivity contribution in [2.45, 2.75) is 33.2 Å². The lowest BCUT2D eigenvalue weighted by Crippen LogP contribution is -2.17. The van der Waals surface area contributed by atoms with Gasteiger partial charge in [-0.15, -0.1) is 0 Å². The minimum absolute atomic E-state index is 0.774. The van der Waals surface area contributed by atoms with Gasteiger partial charge in [0.15, 0.2) is 11.6 Å². The van der Waals surface area contributed by atoms with Crippen LogP contribution in [0.15, 0.2) is 22.7 Å². The highest BCUT2D eigenvalue weighted by atomic mass is 16.3. The molecule has 1 aliphatic heterocycles. The zero-order valence-corrected chi connectivity index (χ0v) is 9.73. The number of hydrogen-bond donors (Lipinski definition) is 0. The van der Waals surface area contributed by atoms with Crippen LogP contribution in [0.1, 0.15) is 24.8 Å². The fraction of sp³-hybridized carbons (Fsp3) is 0.462. The molecule has 0 N–H and O–H groups in total. The summed E-state index contributed by atoms with van der Waals surface area (Å²) in [5.74, 6) is 3.58. The first kappa shape index (κ1) is 9.70. The van der Waals surface area contributed by atoms with E-state index in [0.717, 1.165) is 36.2 Å². The van der Waals surface area contributed by atoms with Crippen LogP contribution in [0.25, 0.3) is 11.6 Å². The van der Waals surface area contributed by atoms with Crippen LogP contribution in [0.2, 0.25) is 0 Å². The summed E-state index contributed by atoms with van der Waals surface area (Å²) in [7, 11) is 0. The molecular formula is C13H16N2O. The lowest BCUT2D eigenvalue weighted by molar-refractivity contribution is 0.416. The van der Waals surface area contributed by atoms with Gasteiger partial charge in [-0.1, -0.05) is 6.92 Å². The van der Waals surface area contributed by atoms with E-state index in [9.17, 15) is 0 Å². The molecule has 0 saturated carbocycles. The Morgan fingerprint density at radius 3 is 3.06 bits per heavy atom. The SMILES string of the molecule is Cc1ccc(-c2ncc3n2CCC(C)C3)o1. The van der Waals surface area contributed by atoms with Gasteiger partial charge in [-0.2, -0.15) is 0 Å². The number of imidazole rings is 1. The van der Waals surface area contributed by atoms with E-state index in [2.05, 4.69) is 16.5 Å². The fourth-order valence-corrected chi connectivity index (χ4v) is 2.38. The topological polar surface area (TPSA) is 31.0 Å². The number of hydrogen-bond acceptors (Lipinski definition) is 2. The molecule has 1 aliphatic rings. The lowest BCUT2D eigenvalue weighted by atomic mass is 9.99. The van der Waals surface area contributed by atoms with E-state index in [4.69, 9.17) is 4.42 Å². The summed E-state index contributed by atoms with van der Waals surface area (Å²) in [6, 6.07) is 3.99. The Labute approximate surface area is 95.1 Å². The van der Waals surface area contributed by atoms with E-state index in [1.165, 1.54) is 12.1 Å². The standard InChI is InChI=1S/C13H16N2O/c1-9-5-6-15-11(7-9)8-14-13(15)12-4-3-10(2)16-12/h3-4,8-9H,5-7H2,1-2H3. The van der Waals surface area contributed by atoms with Crippen molar-refractivity contribution in [3.8, 4) is 11.6 Å². The van der Waals surface area contributed by atoms with Crippen molar-refractivity contribution in [2.24, 2.45) is 5.92 Å². The maximum Gasteiger partial charge on any atom is 0.176 e. The van der Waals surface area contributed by atoms with Crippen molar-refractivity contribution in [2.75, 3.05) is 0 Å². The Morgan fingerprint density at radius 1 is 1.44 bits per heavy atom. The van der Waals surface area contributed by atoms with Crippen molar-refractivity contribution < 1.29 is 4.42 Å². The van der Waals surface area contributed by atoms with Gasteiger partial charge in [-0.05, 0) is 37.8 Å². The zero-order chi connectivity index (χ0) is 11.1. The summed E-state index contributed by atoms with van der Waals surface area (Å²) >= 11 is 0. The first-order valence-electron chi connectivity index (χ1n) is 5.85. The predicted molar refractivity (Wildman–Crippen MR) is 62.2 cm³/mol. The second-order valence-corrected chi connectivity index (χ2v) is 4.73. The maximum absolute atomic E-state index is 5.64. The van der Waals surface area contributed by atoms with Crippen molar-refractivity contribution in [1.82, 2.24) is 9.55 Å². The number of rotatable bonds is 1. The van der Waals surface area contributed by atoms with E-state index < -0.39 is 0 Å². The number of furan rings is 1. The van der Waals surface area contributed by atoms with E-state index in [-0.39, 0.29) is 0 Å². The van der Waals surface area contributed by atoms with Gasteiger partial charge in [0.05, 0.1) is 0 Å². The van der Waals surface area contributed by atoms with E-state index in [1.807, 2.05) is 25.3 Å². The summed E-state index contributed by atoms with van der Waals surface area (Å²) in [6.45, 7) is 5.32. The molecule has 1 unspecified atom stereocenters. The van der Waals surface area contributed by atoms with Crippen LogP contribution in [0.5, 0.6) is 0 Å². The van der Waals surface area contributed by atoms with Gasteiger partial charge < -0.3 is 8.98 Å². The fourth-order valence-electron chi connectivity index (χ4n) is 2.38. The van der Waals surface area contributed by atoms with E-state index in [0.29, 0.717) is 0 Å². The molecule has 0 fully saturated rings. The van der Waals surface area contributed by atoms with Crippen molar-refractivity contribution in [3.63, 3.8) is 0 Å². The first-order chi connectivity index (χ1) is 7.74. The number of aryl methyl sites for hydroxylation is 1. The normalized spacial score (nSPS) is 19.8. The third-order valence-corrected chi connectivity index (χ3v) is 3.30. The molecule has 0 radical (unpaired) electrons. The summed E-state index contributed by atoms with van der Waals surface area (Å²) in [6.07, 6.45) is 4.35. The van der Waals surface area contributed by atoms with Gasteiger partial charge in [0.25, 0.3) is 0 Å². The minimum Gasteiger partial charge on any atom is -0.458 e. The van der Waals surface area contributed by atoms with Gasteiger partial charge in [0.1, 0.15) is 5.76 Å². The molecule has 3 rings (SSSR count). The molecule has 84 valence electrons. The quantitative estimate of drug-likeness (QED) is 0.733. The molecule has 3 nitrogen and oxygen atoms in total. The molecule has 0 aliphatic carbocycles. The highest BCUT2D eigenvalue weighted by Crippen LogP contribution is 2.27. The highest BCUT2D eigenvalue weighted by Gasteiger charge is 2.20. The number of fused-ring (bicyclic) bond motifs is 1. The summed E-state index contributed by atoms with van der Waals surface area (Å²) in [5, 5.41) is 0. The van der Waals surface area contributed by atoms with E-state index in [1.54, 1.807) is 0 Å². The van der Waals surface area contributed by atoms with Crippen LogP contribution in [-0.2, 0) is 13.0 Å². The third-order valence-electron chi connectivity index (χ3n) is 3.30. The molecule has 16 heavy (non-hydrogen) atoms. The van der Waals surface area contributed by atoms with Crippen LogP contribution >= 0.6 is 0 Å². The zero-order valence-electron chi connectivity index (χ0n) is 9.73. The largest absolute Gasteiger partial charge is 0.458 e. The molecule has 3 heteroatoms. The molecule has 3 heterocycles. The second kappa shape index (κ2) is 3.51. The Hall–Kier alpha value is -1.51. The van der Waals surface area contributed by atoms with Crippen LogP contribution in [0, 0.1) is 12.8 Å². The smallest absolute Gasteiger partial charge is 0.176 e. The molecule has 0 bridgehead atoms. The first-order valence-corrected chi connectivity index (χ1v) is 5.85. The number of aromatic nitrogens is 2. The summed E-state index contributed by atoms with van der Waals surface area (Å²) in [4.78, 5) is 4.49. The predicted octanol–water partition coefficient (Wildman–Crippen LogP) is 3.03. The molecular weight excluding hydrogens is 200 g/mol. The molecule has 0 amide bonds. The van der Waals surface area contributed by atoms with Gasteiger partial charge in [0.2, 0.25) is 0 Å². The van der Waals surface area contributed by atoms with Gasteiger partial charge in [-0.3, -0.25) is 0 Å². The Bertz CT molecular complexity index is 510. The maximum atomic E-state index is 5.64. The average Bonchev–Trinajstić information content (AvgIpc) is 2.83. The average molecular weight is 216 g/mol.